The molecule has 2 saturated heterocycles. The topological polar surface area (TPSA) is 223 Å². The number of urea groups is 1. The molecule has 2 aromatic heterocycles. The SMILES string of the molecule is CC(C)(C)OC(=O)c1cc2cc(NC(=O)C(Cc3ccc(NC(=O)N4CCC[C@H]4CO)cc3)N3CCN(c4cc(Cl)ccc4-n4cnnn4)C(=O)C3=O)ccc2n1C(=O)OC(C)(C)C. The van der Waals surface area contributed by atoms with Crippen molar-refractivity contribution in [2.75, 3.05) is 41.8 Å². The molecule has 5 aromatic rings. The first-order chi connectivity index (χ1) is 30.3. The number of benzene rings is 3. The average Bonchev–Trinajstić information content (AvgIpc) is 4.01. The van der Waals surface area contributed by atoms with E-state index in [1.165, 1.54) is 32.9 Å². The Kier molecular flexibility index (Phi) is 12.8. The highest BCUT2D eigenvalue weighted by Gasteiger charge is 2.41. The number of esters is 1. The Morgan fingerprint density at radius 3 is 2.23 bits per heavy atom. The molecule has 2 atom stereocenters. The maximum absolute atomic E-state index is 14.5. The number of hydrogen-bond acceptors (Lipinski definition) is 12. The highest BCUT2D eigenvalue weighted by molar-refractivity contribution is 6.41. The fourth-order valence-electron chi connectivity index (χ4n) is 7.64. The number of tetrazole rings is 1. The van der Waals surface area contributed by atoms with E-state index in [9.17, 15) is 33.9 Å². The maximum Gasteiger partial charge on any atom is 0.419 e. The van der Waals surface area contributed by atoms with Crippen molar-refractivity contribution in [1.82, 2.24) is 34.6 Å². The van der Waals surface area contributed by atoms with Gasteiger partial charge in [-0.2, -0.15) is 4.68 Å². The first-order valence-electron chi connectivity index (χ1n) is 20.7. The van der Waals surface area contributed by atoms with Crippen molar-refractivity contribution in [2.45, 2.75) is 84.1 Å². The van der Waals surface area contributed by atoms with Gasteiger partial charge >= 0.3 is 29.9 Å². The van der Waals surface area contributed by atoms with Gasteiger partial charge in [-0.1, -0.05) is 23.7 Å². The molecule has 0 spiro atoms. The van der Waals surface area contributed by atoms with Crippen LogP contribution >= 0.6 is 11.6 Å². The van der Waals surface area contributed by atoms with Crippen LogP contribution in [-0.4, -0.2) is 125 Å². The van der Waals surface area contributed by atoms with Crippen molar-refractivity contribution in [3.63, 3.8) is 0 Å². The molecular weight excluding hydrogens is 848 g/mol. The Hall–Kier alpha value is -6.86. The van der Waals surface area contributed by atoms with Crippen LogP contribution in [0.4, 0.5) is 26.7 Å². The number of aliphatic hydroxyl groups is 1. The average molecular weight is 897 g/mol. The van der Waals surface area contributed by atoms with Crippen LogP contribution in [0.5, 0.6) is 0 Å². The molecule has 2 aliphatic heterocycles. The number of halogens is 1. The summed E-state index contributed by atoms with van der Waals surface area (Å²) < 4.78 is 13.7. The Morgan fingerprint density at radius 1 is 0.844 bits per heavy atom. The van der Waals surface area contributed by atoms with Crippen LogP contribution in [0.1, 0.15) is 70.4 Å². The van der Waals surface area contributed by atoms with Gasteiger partial charge in [-0.3, -0.25) is 14.4 Å². The number of hydrogen-bond donors (Lipinski definition) is 3. The maximum atomic E-state index is 14.5. The number of carbonyl (C=O) groups is 6. The lowest BCUT2D eigenvalue weighted by molar-refractivity contribution is -0.149. The summed E-state index contributed by atoms with van der Waals surface area (Å²) in [5, 5.41) is 27.4. The lowest BCUT2D eigenvalue weighted by Crippen LogP contribution is -2.60. The van der Waals surface area contributed by atoms with Gasteiger partial charge in [0.25, 0.3) is 0 Å². The minimum Gasteiger partial charge on any atom is -0.455 e. The molecule has 4 heterocycles. The summed E-state index contributed by atoms with van der Waals surface area (Å²) in [6.45, 7) is 10.5. The normalized spacial score (nSPS) is 16.2. The summed E-state index contributed by atoms with van der Waals surface area (Å²) >= 11 is 6.35. The van der Waals surface area contributed by atoms with E-state index in [1.807, 2.05) is 0 Å². The summed E-state index contributed by atoms with van der Waals surface area (Å²) in [6, 6.07) is 15.8. The number of piperazine rings is 1. The van der Waals surface area contributed by atoms with Crippen LogP contribution in [0.3, 0.4) is 0 Å². The quantitative estimate of drug-likeness (QED) is 0.118. The van der Waals surface area contributed by atoms with Gasteiger partial charge in [0.2, 0.25) is 5.91 Å². The van der Waals surface area contributed by atoms with Gasteiger partial charge in [0.05, 0.1) is 29.5 Å². The Morgan fingerprint density at radius 2 is 1.56 bits per heavy atom. The highest BCUT2D eigenvalue weighted by Crippen LogP contribution is 2.31. The van der Waals surface area contributed by atoms with Gasteiger partial charge in [0.1, 0.15) is 29.3 Å². The molecule has 3 aromatic carbocycles. The van der Waals surface area contributed by atoms with Crippen molar-refractivity contribution < 1.29 is 43.3 Å². The predicted molar refractivity (Wildman–Crippen MR) is 235 cm³/mol. The third-order valence-corrected chi connectivity index (χ3v) is 10.7. The molecule has 2 fully saturated rings. The number of rotatable bonds is 10. The second-order valence-electron chi connectivity index (χ2n) is 17.5. The van der Waals surface area contributed by atoms with Crippen LogP contribution in [0.25, 0.3) is 16.6 Å². The number of likely N-dealkylation sites (tertiary alicyclic amines) is 1. The van der Waals surface area contributed by atoms with Gasteiger partial charge in [-0.25, -0.2) is 19.0 Å². The number of fused-ring (bicyclic) bond motifs is 1. The fourth-order valence-corrected chi connectivity index (χ4v) is 7.80. The monoisotopic (exact) mass is 896 g/mol. The van der Waals surface area contributed by atoms with Crippen molar-refractivity contribution in [2.24, 2.45) is 0 Å². The molecular formula is C44H49ClN10O9. The fraction of sp³-hybridized carbons (Fsp3) is 0.386. The molecule has 3 N–H and O–H groups in total. The van der Waals surface area contributed by atoms with E-state index in [0.717, 1.165) is 11.0 Å². The number of nitrogens with zero attached hydrogens (tertiary/aromatic N) is 8. The van der Waals surface area contributed by atoms with Crippen molar-refractivity contribution in [3.05, 3.63) is 89.3 Å². The Bertz CT molecular complexity index is 2600. The minimum atomic E-state index is -1.23. The molecule has 7 rings (SSSR count). The highest BCUT2D eigenvalue weighted by atomic mass is 35.5. The number of carbonyl (C=O) groups excluding carboxylic acids is 6. The number of amides is 5. The first kappa shape index (κ1) is 45.2. The Labute approximate surface area is 373 Å². The molecule has 336 valence electrons. The van der Waals surface area contributed by atoms with Crippen LogP contribution in [0.2, 0.25) is 5.02 Å². The lowest BCUT2D eigenvalue weighted by atomic mass is 10.0. The Balaban J connectivity index is 1.19. The third kappa shape index (κ3) is 10.00. The lowest BCUT2D eigenvalue weighted by Gasteiger charge is -2.38. The number of ether oxygens (including phenoxy) is 2. The first-order valence-corrected chi connectivity index (χ1v) is 21.0. The van der Waals surface area contributed by atoms with Gasteiger partial charge in [0.15, 0.2) is 0 Å². The van der Waals surface area contributed by atoms with Crippen molar-refractivity contribution >= 4 is 75.4 Å². The zero-order chi connectivity index (χ0) is 46.1. The summed E-state index contributed by atoms with van der Waals surface area (Å²) in [7, 11) is 0. The molecule has 5 amide bonds. The summed E-state index contributed by atoms with van der Waals surface area (Å²) in [4.78, 5) is 86.7. The van der Waals surface area contributed by atoms with Crippen LogP contribution < -0.4 is 15.5 Å². The number of aromatic nitrogens is 5. The van der Waals surface area contributed by atoms with Crippen LogP contribution in [-0.2, 0) is 30.3 Å². The van der Waals surface area contributed by atoms with Gasteiger partial charge in [-0.15, -0.1) is 5.10 Å². The largest absolute Gasteiger partial charge is 0.455 e. The van der Waals surface area contributed by atoms with E-state index in [4.69, 9.17) is 21.1 Å². The van der Waals surface area contributed by atoms with Crippen LogP contribution in [0, 0.1) is 0 Å². The van der Waals surface area contributed by atoms with Crippen LogP contribution in [0.15, 0.2) is 73.1 Å². The zero-order valence-corrected chi connectivity index (χ0v) is 37.0. The van der Waals surface area contributed by atoms with E-state index < -0.39 is 47.0 Å². The van der Waals surface area contributed by atoms with E-state index in [-0.39, 0.29) is 55.3 Å². The number of anilines is 3. The molecule has 20 heteroatoms. The molecule has 2 aliphatic rings. The molecule has 0 bridgehead atoms. The summed E-state index contributed by atoms with van der Waals surface area (Å²) in [6.07, 6.45) is 2.00. The molecule has 0 radical (unpaired) electrons. The number of aliphatic hydroxyl groups excluding tert-OH is 1. The van der Waals surface area contributed by atoms with E-state index in [1.54, 1.807) is 101 Å². The molecule has 1 unspecified atom stereocenters. The molecule has 0 aliphatic carbocycles. The van der Waals surface area contributed by atoms with Gasteiger partial charge < -0.3 is 39.9 Å². The van der Waals surface area contributed by atoms with E-state index in [2.05, 4.69) is 26.2 Å². The predicted octanol–water partition coefficient (Wildman–Crippen LogP) is 5.42. The second-order valence-corrected chi connectivity index (χ2v) is 17.9. The van der Waals surface area contributed by atoms with E-state index in [0.29, 0.717) is 45.8 Å². The summed E-state index contributed by atoms with van der Waals surface area (Å²) in [5.74, 6) is -3.26. The third-order valence-electron chi connectivity index (χ3n) is 10.5. The molecule has 0 saturated carbocycles. The molecule has 64 heavy (non-hydrogen) atoms. The minimum absolute atomic E-state index is 0.0162. The smallest absolute Gasteiger partial charge is 0.419 e. The summed E-state index contributed by atoms with van der Waals surface area (Å²) in [5.41, 5.74) is 0.508. The van der Waals surface area contributed by atoms with Crippen molar-refractivity contribution in [1.29, 1.82) is 0 Å². The van der Waals surface area contributed by atoms with Crippen molar-refractivity contribution in [3.8, 4) is 5.69 Å². The second kappa shape index (κ2) is 18.1. The standard InChI is InChI=1S/C44H49ClN10O9/c1-43(2,3)63-40(60)36-22-27-21-30(14-16-32(27)55(36)42(62)64-44(4,5)6)47-37(57)35(20-26-9-12-29(13-10-26)48-41(61)51-17-7-8-31(51)24-56)53-19-18-52(38(58)39(53)59)34-23-28(45)11-15-33(34)54-25-46-49-50-54/h9-16,21-23,25,31,35,56H,7-8,17-20,24H2,1-6H3,(H,47,57)(H,48,61)/t31-,35?/m0/s1. The molecule has 19 nitrogen and oxygen atoms in total. The van der Waals surface area contributed by atoms with Gasteiger partial charge in [0, 0.05) is 47.8 Å². The van der Waals surface area contributed by atoms with E-state index >= 15 is 0 Å². The number of nitrogens with one attached hydrogen (secondary N) is 2. The zero-order valence-electron chi connectivity index (χ0n) is 36.2. The van der Waals surface area contributed by atoms with Gasteiger partial charge in [-0.05, 0) is 125 Å².